The van der Waals surface area contributed by atoms with Gasteiger partial charge < -0.3 is 21.1 Å². The number of hydrogen-bond donors (Lipinski definition) is 4. The summed E-state index contributed by atoms with van der Waals surface area (Å²) in [4.78, 5) is 22.8. The van der Waals surface area contributed by atoms with E-state index in [1.54, 1.807) is 19.1 Å². The molecule has 6 heteroatoms. The minimum atomic E-state index is -0.997. The summed E-state index contributed by atoms with van der Waals surface area (Å²) in [6.07, 6.45) is 3.39. The zero-order valence-electron chi connectivity index (χ0n) is 12.1. The molecule has 1 saturated carbocycles. The number of amides is 2. The number of aromatic carboxylic acids is 1. The Balaban J connectivity index is 1.76. The van der Waals surface area contributed by atoms with Crippen LogP contribution in [-0.4, -0.2) is 36.2 Å². The van der Waals surface area contributed by atoms with Crippen LogP contribution in [0.4, 0.5) is 10.5 Å². The number of urea groups is 1. The summed E-state index contributed by atoms with van der Waals surface area (Å²) < 4.78 is 0. The summed E-state index contributed by atoms with van der Waals surface area (Å²) >= 11 is 0. The Hall–Kier alpha value is -2.08. The molecule has 0 saturated heterocycles. The molecule has 0 radical (unpaired) electrons. The van der Waals surface area contributed by atoms with E-state index in [1.165, 1.54) is 18.9 Å². The van der Waals surface area contributed by atoms with Crippen molar-refractivity contribution in [2.45, 2.75) is 32.2 Å². The smallest absolute Gasteiger partial charge is 0.336 e. The number of carbonyl (C=O) groups excluding carboxylic acids is 1. The molecule has 0 bridgehead atoms. The molecule has 4 N–H and O–H groups in total. The van der Waals surface area contributed by atoms with Gasteiger partial charge in [0.25, 0.3) is 0 Å². The lowest BCUT2D eigenvalue weighted by Gasteiger charge is -2.11. The van der Waals surface area contributed by atoms with Gasteiger partial charge in [0.15, 0.2) is 0 Å². The molecule has 114 valence electrons. The fourth-order valence-corrected chi connectivity index (χ4v) is 2.05. The van der Waals surface area contributed by atoms with E-state index in [2.05, 4.69) is 16.0 Å². The average Bonchev–Trinajstić information content (AvgIpc) is 3.24. The van der Waals surface area contributed by atoms with Crippen molar-refractivity contribution in [1.82, 2.24) is 10.6 Å². The molecule has 0 spiro atoms. The highest BCUT2D eigenvalue weighted by molar-refractivity contribution is 5.95. The van der Waals surface area contributed by atoms with Gasteiger partial charge in [0, 0.05) is 18.3 Å². The predicted octanol–water partition coefficient (Wildman–Crippen LogP) is 1.96. The Bertz CT molecular complexity index is 527. The molecule has 21 heavy (non-hydrogen) atoms. The molecule has 6 nitrogen and oxygen atoms in total. The maximum absolute atomic E-state index is 11.8. The quantitative estimate of drug-likeness (QED) is 0.578. The van der Waals surface area contributed by atoms with Crippen LogP contribution in [0.1, 0.15) is 35.2 Å². The Labute approximate surface area is 123 Å². The van der Waals surface area contributed by atoms with Crippen LogP contribution in [0.5, 0.6) is 0 Å². The van der Waals surface area contributed by atoms with E-state index in [-0.39, 0.29) is 11.6 Å². The average molecular weight is 291 g/mol. The topological polar surface area (TPSA) is 90.5 Å². The van der Waals surface area contributed by atoms with Crippen LogP contribution < -0.4 is 16.0 Å². The van der Waals surface area contributed by atoms with Crippen molar-refractivity contribution in [2.24, 2.45) is 0 Å². The van der Waals surface area contributed by atoms with Gasteiger partial charge in [-0.15, -0.1) is 0 Å². The first-order chi connectivity index (χ1) is 10.1. The fraction of sp³-hybridized carbons (Fsp3) is 0.467. The lowest BCUT2D eigenvalue weighted by molar-refractivity contribution is 0.0696. The molecule has 1 aromatic rings. The van der Waals surface area contributed by atoms with Crippen LogP contribution >= 0.6 is 0 Å². The molecular weight excluding hydrogens is 270 g/mol. The van der Waals surface area contributed by atoms with Gasteiger partial charge in [-0.05, 0) is 50.4 Å². The number of anilines is 1. The minimum absolute atomic E-state index is 0.196. The number of carbonyl (C=O) groups is 2. The zero-order chi connectivity index (χ0) is 15.2. The molecule has 2 amide bonds. The first-order valence-corrected chi connectivity index (χ1v) is 7.19. The molecule has 1 aliphatic rings. The highest BCUT2D eigenvalue weighted by Crippen LogP contribution is 2.19. The van der Waals surface area contributed by atoms with E-state index in [1.807, 2.05) is 0 Å². The summed E-state index contributed by atoms with van der Waals surface area (Å²) in [7, 11) is 0. The molecule has 1 fully saturated rings. The number of hydrogen-bond acceptors (Lipinski definition) is 3. The van der Waals surface area contributed by atoms with E-state index in [0.717, 1.165) is 13.0 Å². The minimum Gasteiger partial charge on any atom is -0.478 e. The molecule has 2 rings (SSSR count). The summed E-state index contributed by atoms with van der Waals surface area (Å²) in [5, 5.41) is 17.9. The maximum atomic E-state index is 11.8. The Morgan fingerprint density at radius 2 is 2.05 bits per heavy atom. The molecule has 0 aliphatic heterocycles. The second-order valence-corrected chi connectivity index (χ2v) is 5.25. The number of nitrogens with one attached hydrogen (secondary N) is 3. The van der Waals surface area contributed by atoms with Gasteiger partial charge in [0.2, 0.25) is 0 Å². The fourth-order valence-electron chi connectivity index (χ4n) is 2.05. The summed E-state index contributed by atoms with van der Waals surface area (Å²) in [6, 6.07) is 5.19. The molecular formula is C15H21N3O3. The normalized spacial score (nSPS) is 13.8. The number of carboxylic acids is 1. The van der Waals surface area contributed by atoms with Gasteiger partial charge in [-0.1, -0.05) is 6.07 Å². The Kier molecular flexibility index (Phi) is 5.16. The second kappa shape index (κ2) is 7.08. The van der Waals surface area contributed by atoms with Gasteiger partial charge in [-0.2, -0.15) is 0 Å². The van der Waals surface area contributed by atoms with E-state index in [0.29, 0.717) is 23.8 Å². The van der Waals surface area contributed by atoms with Gasteiger partial charge in [0.05, 0.1) is 5.56 Å². The van der Waals surface area contributed by atoms with Crippen molar-refractivity contribution in [3.05, 3.63) is 29.3 Å². The van der Waals surface area contributed by atoms with E-state index in [4.69, 9.17) is 5.11 Å². The molecule has 0 atom stereocenters. The van der Waals surface area contributed by atoms with E-state index < -0.39 is 5.97 Å². The van der Waals surface area contributed by atoms with Crippen molar-refractivity contribution in [3.63, 3.8) is 0 Å². The molecule has 1 aromatic carbocycles. The third-order valence-electron chi connectivity index (χ3n) is 3.46. The van der Waals surface area contributed by atoms with Crippen LogP contribution in [0.2, 0.25) is 0 Å². The van der Waals surface area contributed by atoms with Gasteiger partial charge in [-0.3, -0.25) is 0 Å². The van der Waals surface area contributed by atoms with Crippen molar-refractivity contribution in [2.75, 3.05) is 18.4 Å². The van der Waals surface area contributed by atoms with Crippen LogP contribution in [0.3, 0.4) is 0 Å². The molecule has 1 aliphatic carbocycles. The standard InChI is InChI=1S/C15H21N3O3/c1-10-12(14(19)20)4-2-5-13(10)18-15(21)17-9-3-8-16-11-6-7-11/h2,4-5,11,16H,3,6-9H2,1H3,(H,19,20)(H2,17,18,21). The molecule has 0 unspecified atom stereocenters. The van der Waals surface area contributed by atoms with E-state index in [9.17, 15) is 9.59 Å². The van der Waals surface area contributed by atoms with Crippen molar-refractivity contribution >= 4 is 17.7 Å². The van der Waals surface area contributed by atoms with Gasteiger partial charge in [0.1, 0.15) is 0 Å². The molecule has 0 aromatic heterocycles. The van der Waals surface area contributed by atoms with Crippen molar-refractivity contribution in [3.8, 4) is 0 Å². The van der Waals surface area contributed by atoms with Crippen LogP contribution in [-0.2, 0) is 0 Å². The predicted molar refractivity (Wildman–Crippen MR) is 80.8 cm³/mol. The number of rotatable bonds is 7. The second-order valence-electron chi connectivity index (χ2n) is 5.25. The number of carboxylic acid groups (broad SMARTS) is 1. The first-order valence-electron chi connectivity index (χ1n) is 7.19. The van der Waals surface area contributed by atoms with Gasteiger partial charge >= 0.3 is 12.0 Å². The summed E-state index contributed by atoms with van der Waals surface area (Å²) in [5.74, 6) is -0.997. The maximum Gasteiger partial charge on any atom is 0.336 e. The Morgan fingerprint density at radius 1 is 1.29 bits per heavy atom. The van der Waals surface area contributed by atoms with Crippen molar-refractivity contribution in [1.29, 1.82) is 0 Å². The highest BCUT2D eigenvalue weighted by atomic mass is 16.4. The monoisotopic (exact) mass is 291 g/mol. The zero-order valence-corrected chi connectivity index (χ0v) is 12.1. The summed E-state index contributed by atoms with van der Waals surface area (Å²) in [6.45, 7) is 3.17. The van der Waals surface area contributed by atoms with Crippen LogP contribution in [0.15, 0.2) is 18.2 Å². The summed E-state index contributed by atoms with van der Waals surface area (Å²) in [5.41, 5.74) is 1.26. The number of benzene rings is 1. The SMILES string of the molecule is Cc1c(NC(=O)NCCCNC2CC2)cccc1C(=O)O. The third-order valence-corrected chi connectivity index (χ3v) is 3.46. The molecule has 0 heterocycles. The van der Waals surface area contributed by atoms with Crippen molar-refractivity contribution < 1.29 is 14.7 Å². The Morgan fingerprint density at radius 3 is 2.71 bits per heavy atom. The van der Waals surface area contributed by atoms with E-state index >= 15 is 0 Å². The van der Waals surface area contributed by atoms with Crippen LogP contribution in [0.25, 0.3) is 0 Å². The van der Waals surface area contributed by atoms with Gasteiger partial charge in [-0.25, -0.2) is 9.59 Å². The third kappa shape index (κ3) is 4.75. The van der Waals surface area contributed by atoms with Crippen LogP contribution in [0, 0.1) is 6.92 Å². The first kappa shape index (κ1) is 15.3. The lowest BCUT2D eigenvalue weighted by atomic mass is 10.1. The largest absolute Gasteiger partial charge is 0.478 e. The lowest BCUT2D eigenvalue weighted by Crippen LogP contribution is -2.31. The highest BCUT2D eigenvalue weighted by Gasteiger charge is 2.19.